The molecule has 0 aromatic heterocycles. The van der Waals surface area contributed by atoms with E-state index in [9.17, 15) is 5.11 Å². The molecule has 1 aromatic rings. The largest absolute Gasteiger partial charge is 0.387 e. The van der Waals surface area contributed by atoms with E-state index >= 15 is 0 Å². The van der Waals surface area contributed by atoms with Crippen molar-refractivity contribution in [2.24, 2.45) is 4.99 Å². The zero-order chi connectivity index (χ0) is 16.8. The Bertz CT molecular complexity index is 543. The molecule has 2 fully saturated rings. The molecule has 2 saturated heterocycles. The number of hydrogen-bond donors (Lipinski definition) is 2. The van der Waals surface area contributed by atoms with Crippen molar-refractivity contribution in [2.75, 3.05) is 55.7 Å². The van der Waals surface area contributed by atoms with Gasteiger partial charge in [0, 0.05) is 44.2 Å². The van der Waals surface area contributed by atoms with Gasteiger partial charge in [-0.2, -0.15) is 11.8 Å². The molecule has 0 bridgehead atoms. The smallest absolute Gasteiger partial charge is 0.194 e. The second kappa shape index (κ2) is 9.87. The number of anilines is 1. The summed E-state index contributed by atoms with van der Waals surface area (Å²) in [5, 5.41) is 13.9. The normalized spacial score (nSPS) is 24.2. The highest BCUT2D eigenvalue weighted by Crippen LogP contribution is 2.28. The number of para-hydroxylation sites is 1. The third-order valence-corrected chi connectivity index (χ3v) is 5.88. The van der Waals surface area contributed by atoms with Gasteiger partial charge in [-0.15, -0.1) is 24.0 Å². The van der Waals surface area contributed by atoms with Crippen molar-refractivity contribution in [1.82, 2.24) is 10.2 Å². The first kappa shape index (κ1) is 20.6. The molecule has 0 aliphatic carbocycles. The van der Waals surface area contributed by atoms with Gasteiger partial charge in [0.15, 0.2) is 5.96 Å². The molecule has 5 nitrogen and oxygen atoms in total. The van der Waals surface area contributed by atoms with E-state index in [1.54, 1.807) is 0 Å². The Labute approximate surface area is 172 Å². The van der Waals surface area contributed by atoms with Gasteiger partial charge in [0.05, 0.1) is 12.1 Å². The first-order valence-electron chi connectivity index (χ1n) is 8.83. The molecule has 0 amide bonds. The summed E-state index contributed by atoms with van der Waals surface area (Å²) in [5.41, 5.74) is 0.674. The number of piperazine rings is 1. The monoisotopic (exact) mass is 476 g/mol. The van der Waals surface area contributed by atoms with Gasteiger partial charge in [-0.05, 0) is 31.2 Å². The zero-order valence-corrected chi connectivity index (χ0v) is 18.0. The molecule has 1 aromatic carbocycles. The van der Waals surface area contributed by atoms with E-state index in [0.717, 1.165) is 56.6 Å². The third kappa shape index (κ3) is 5.65. The van der Waals surface area contributed by atoms with Crippen molar-refractivity contribution in [3.05, 3.63) is 30.3 Å². The number of thioether (sulfide) groups is 1. The molecule has 2 aliphatic rings. The van der Waals surface area contributed by atoms with Gasteiger partial charge in [0.25, 0.3) is 0 Å². The van der Waals surface area contributed by atoms with Crippen LogP contribution in [0.3, 0.4) is 0 Å². The number of hydrogen-bond acceptors (Lipinski definition) is 4. The topological polar surface area (TPSA) is 51.1 Å². The number of nitrogens with zero attached hydrogens (tertiary/aromatic N) is 3. The zero-order valence-electron chi connectivity index (χ0n) is 14.9. The van der Waals surface area contributed by atoms with E-state index in [-0.39, 0.29) is 24.0 Å². The highest BCUT2D eigenvalue weighted by atomic mass is 127. The van der Waals surface area contributed by atoms with Gasteiger partial charge >= 0.3 is 0 Å². The first-order chi connectivity index (χ1) is 11.7. The lowest BCUT2D eigenvalue weighted by atomic mass is 10.0. The van der Waals surface area contributed by atoms with E-state index in [1.165, 1.54) is 5.69 Å². The Morgan fingerprint density at radius 1 is 1.24 bits per heavy atom. The number of rotatable bonds is 4. The number of guanidine groups is 1. The first-order valence-corrected chi connectivity index (χ1v) is 9.99. The van der Waals surface area contributed by atoms with Gasteiger partial charge in [0.1, 0.15) is 0 Å². The van der Waals surface area contributed by atoms with Gasteiger partial charge in [-0.25, -0.2) is 0 Å². The van der Waals surface area contributed by atoms with Crippen molar-refractivity contribution in [1.29, 1.82) is 0 Å². The Kier molecular flexibility index (Phi) is 8.15. The Hall–Kier alpha value is -0.670. The average Bonchev–Trinajstić information content (AvgIpc) is 3.06. The van der Waals surface area contributed by atoms with Gasteiger partial charge in [-0.3, -0.25) is 4.99 Å². The average molecular weight is 476 g/mol. The van der Waals surface area contributed by atoms with Crippen LogP contribution in [0.25, 0.3) is 0 Å². The quantitative estimate of drug-likeness (QED) is 0.397. The van der Waals surface area contributed by atoms with Crippen LogP contribution in [0.4, 0.5) is 5.69 Å². The van der Waals surface area contributed by atoms with Crippen molar-refractivity contribution >= 4 is 47.4 Å². The molecular weight excluding hydrogens is 447 g/mol. The molecule has 1 unspecified atom stereocenters. The maximum absolute atomic E-state index is 10.5. The van der Waals surface area contributed by atoms with E-state index in [0.29, 0.717) is 6.54 Å². The molecule has 140 valence electrons. The fourth-order valence-electron chi connectivity index (χ4n) is 3.18. The summed E-state index contributed by atoms with van der Waals surface area (Å²) >= 11 is 1.82. The second-order valence-electron chi connectivity index (χ2n) is 6.51. The number of aliphatic hydroxyl groups is 1. The number of halogens is 1. The van der Waals surface area contributed by atoms with Crippen molar-refractivity contribution in [3.8, 4) is 0 Å². The van der Waals surface area contributed by atoms with Crippen LogP contribution in [0.1, 0.15) is 13.3 Å². The predicted octanol–water partition coefficient (Wildman–Crippen LogP) is 2.26. The summed E-state index contributed by atoms with van der Waals surface area (Å²) in [5.74, 6) is 2.78. The van der Waals surface area contributed by atoms with Crippen LogP contribution in [-0.4, -0.2) is 72.3 Å². The summed E-state index contributed by atoms with van der Waals surface area (Å²) < 4.78 is 0. The summed E-state index contributed by atoms with van der Waals surface area (Å²) in [6.07, 6.45) is 0.850. The van der Waals surface area contributed by atoms with E-state index < -0.39 is 5.60 Å². The van der Waals surface area contributed by atoms with Crippen LogP contribution in [0.2, 0.25) is 0 Å². The molecule has 0 spiro atoms. The van der Waals surface area contributed by atoms with E-state index in [4.69, 9.17) is 4.99 Å². The van der Waals surface area contributed by atoms with Crippen molar-refractivity contribution in [3.63, 3.8) is 0 Å². The Balaban J connectivity index is 0.00000225. The van der Waals surface area contributed by atoms with Gasteiger partial charge in [0.2, 0.25) is 0 Å². The van der Waals surface area contributed by atoms with Crippen LogP contribution in [0.5, 0.6) is 0 Å². The van der Waals surface area contributed by atoms with Crippen LogP contribution in [-0.2, 0) is 0 Å². The molecule has 3 rings (SSSR count). The highest BCUT2D eigenvalue weighted by Gasteiger charge is 2.32. The summed E-state index contributed by atoms with van der Waals surface area (Å²) in [7, 11) is 0. The van der Waals surface area contributed by atoms with Gasteiger partial charge < -0.3 is 20.2 Å². The second-order valence-corrected chi connectivity index (χ2v) is 7.61. The summed E-state index contributed by atoms with van der Waals surface area (Å²) in [6, 6.07) is 10.6. The standard InChI is InChI=1S/C18H28N4OS.HI/c1-2-19-17(20-14-18(23)8-13-24-15-18)22-11-9-21(10-12-22)16-6-4-3-5-7-16;/h3-7,23H,2,8-15H2,1H3,(H,19,20);1H. The van der Waals surface area contributed by atoms with E-state index in [1.807, 2.05) is 11.8 Å². The van der Waals surface area contributed by atoms with Crippen molar-refractivity contribution < 1.29 is 5.11 Å². The van der Waals surface area contributed by atoms with E-state index in [2.05, 4.69) is 52.4 Å². The van der Waals surface area contributed by atoms with Crippen LogP contribution < -0.4 is 10.2 Å². The summed E-state index contributed by atoms with van der Waals surface area (Å²) in [4.78, 5) is 9.47. The molecule has 2 aliphatic heterocycles. The maximum Gasteiger partial charge on any atom is 0.194 e. The van der Waals surface area contributed by atoms with Crippen molar-refractivity contribution in [2.45, 2.75) is 18.9 Å². The minimum absolute atomic E-state index is 0. The molecule has 0 radical (unpaired) electrons. The van der Waals surface area contributed by atoms with Crippen LogP contribution in [0, 0.1) is 0 Å². The lowest BCUT2D eigenvalue weighted by Gasteiger charge is -2.38. The van der Waals surface area contributed by atoms with Gasteiger partial charge in [-0.1, -0.05) is 18.2 Å². The minimum Gasteiger partial charge on any atom is -0.387 e. The van der Waals surface area contributed by atoms with Crippen LogP contribution >= 0.6 is 35.7 Å². The highest BCUT2D eigenvalue weighted by molar-refractivity contribution is 14.0. The third-order valence-electron chi connectivity index (χ3n) is 4.64. The fourth-order valence-corrected chi connectivity index (χ4v) is 4.47. The lowest BCUT2D eigenvalue weighted by molar-refractivity contribution is 0.0775. The number of nitrogens with one attached hydrogen (secondary N) is 1. The fraction of sp³-hybridized carbons (Fsp3) is 0.611. The molecule has 2 heterocycles. The molecule has 25 heavy (non-hydrogen) atoms. The predicted molar refractivity (Wildman–Crippen MR) is 119 cm³/mol. The van der Waals surface area contributed by atoms with Crippen LogP contribution in [0.15, 0.2) is 35.3 Å². The maximum atomic E-state index is 10.5. The Morgan fingerprint density at radius 3 is 2.56 bits per heavy atom. The molecular formula is C18H29IN4OS. The summed E-state index contributed by atoms with van der Waals surface area (Å²) in [6.45, 7) is 7.34. The number of aliphatic imine (C=N–C) groups is 1. The molecule has 7 heteroatoms. The number of benzene rings is 1. The molecule has 1 atom stereocenters. The molecule has 0 saturated carbocycles. The molecule has 2 N–H and O–H groups in total. The SMILES string of the molecule is CCNC(=NCC1(O)CCSC1)N1CCN(c2ccccc2)CC1.I. The minimum atomic E-state index is -0.614. The Morgan fingerprint density at radius 2 is 1.96 bits per heavy atom. The lowest BCUT2D eigenvalue weighted by Crippen LogP contribution is -2.53.